The zero-order valence-electron chi connectivity index (χ0n) is 11.5. The van der Waals surface area contributed by atoms with Gasteiger partial charge in [0.25, 0.3) is 0 Å². The van der Waals surface area contributed by atoms with Crippen LogP contribution in [0.15, 0.2) is 36.4 Å². The van der Waals surface area contributed by atoms with E-state index < -0.39 is 6.12 Å². The first-order valence-electron chi connectivity index (χ1n) is 6.07. The Morgan fingerprint density at radius 3 is 1.57 bits per heavy atom. The van der Waals surface area contributed by atoms with Crippen molar-refractivity contribution in [1.29, 1.82) is 0 Å². The van der Waals surface area contributed by atoms with E-state index in [-0.39, 0.29) is 11.5 Å². The second kappa shape index (κ2) is 6.26. The summed E-state index contributed by atoms with van der Waals surface area (Å²) in [7, 11) is 0. The molecule has 7 heteroatoms. The predicted molar refractivity (Wildman–Crippen MR) is 90.2 cm³/mol. The number of hydrogen-bond donors (Lipinski definition) is 3. The molecular weight excluding hydrogens is 327 g/mol. The van der Waals surface area contributed by atoms with Gasteiger partial charge >= 0.3 is 6.12 Å². The smallest absolute Gasteiger partial charge is 0.307 e. The van der Waals surface area contributed by atoms with E-state index in [1.807, 2.05) is 13.8 Å². The maximum atomic E-state index is 9.55. The van der Waals surface area contributed by atoms with Gasteiger partial charge < -0.3 is 31.5 Å². The molecule has 0 spiro atoms. The molecule has 2 aromatic rings. The maximum Gasteiger partial charge on any atom is 0.307 e. The Kier molecular flexibility index (Phi) is 4.81. The molecule has 112 valence electrons. The summed E-state index contributed by atoms with van der Waals surface area (Å²) in [5, 5.41) is 19.1. The van der Waals surface area contributed by atoms with Crippen LogP contribution in [0.4, 0.5) is 0 Å². The molecule has 0 fully saturated rings. The molecule has 21 heavy (non-hydrogen) atoms. The molecule has 0 unspecified atom stereocenters. The summed E-state index contributed by atoms with van der Waals surface area (Å²) in [5.41, 5.74) is 1.67. The number of aromatic hydroxyl groups is 2. The first kappa shape index (κ1) is 16.1. The van der Waals surface area contributed by atoms with Crippen LogP contribution in [-0.2, 0) is 12.2 Å². The fourth-order valence-corrected chi connectivity index (χ4v) is 3.71. The second-order valence-corrected chi connectivity index (χ2v) is 9.80. The van der Waals surface area contributed by atoms with Crippen LogP contribution in [0.2, 0.25) is 0 Å². The van der Waals surface area contributed by atoms with Crippen molar-refractivity contribution in [2.24, 2.45) is 0 Å². The van der Waals surface area contributed by atoms with E-state index in [4.69, 9.17) is 21.3 Å². The van der Waals surface area contributed by atoms with Crippen LogP contribution in [0.25, 0.3) is 0 Å². The van der Waals surface area contributed by atoms with Crippen LogP contribution >= 0.6 is 18.4 Å². The van der Waals surface area contributed by atoms with Crippen molar-refractivity contribution in [3.63, 3.8) is 0 Å². The van der Waals surface area contributed by atoms with Crippen molar-refractivity contribution in [2.45, 2.75) is 13.8 Å². The Morgan fingerprint density at radius 1 is 0.857 bits per heavy atom. The summed E-state index contributed by atoms with van der Waals surface area (Å²) in [6, 6.07) is 9.56. The highest BCUT2D eigenvalue weighted by Crippen LogP contribution is 2.62. The van der Waals surface area contributed by atoms with Gasteiger partial charge in [-0.2, -0.15) is 0 Å². The van der Waals surface area contributed by atoms with Gasteiger partial charge in [-0.1, -0.05) is 0 Å². The van der Waals surface area contributed by atoms with Gasteiger partial charge in [0.1, 0.15) is 11.5 Å². The van der Waals surface area contributed by atoms with Crippen LogP contribution in [0.5, 0.6) is 23.0 Å². The summed E-state index contributed by atoms with van der Waals surface area (Å²) in [4.78, 5) is 0. The van der Waals surface area contributed by atoms with E-state index in [1.165, 1.54) is 12.1 Å². The summed E-state index contributed by atoms with van der Waals surface area (Å²) < 4.78 is 11.1. The van der Waals surface area contributed by atoms with E-state index >= 15 is 0 Å². The lowest BCUT2D eigenvalue weighted by Gasteiger charge is -2.23. The highest BCUT2D eigenvalue weighted by atomic mass is 33.1. The lowest BCUT2D eigenvalue weighted by Crippen LogP contribution is -2.00. The zero-order chi connectivity index (χ0) is 15.6. The summed E-state index contributed by atoms with van der Waals surface area (Å²) in [5.74, 6) is 0.952. The molecule has 2 N–H and O–H groups in total. The number of phenolic OH excluding ortho intramolecular Hbond substituents is 2. The SMILES string of the molecule is Cc1cc(O)cc(O[P+]([S-])(S)Oc2cc(C)cc(O)c2)c1. The quantitative estimate of drug-likeness (QED) is 0.439. The van der Waals surface area contributed by atoms with Crippen LogP contribution in [0.1, 0.15) is 11.1 Å². The largest absolute Gasteiger partial charge is 0.508 e. The number of phenols is 2. The van der Waals surface area contributed by atoms with Gasteiger partial charge in [-0.05, 0) is 49.2 Å². The third kappa shape index (κ3) is 4.92. The first-order chi connectivity index (χ1) is 9.73. The van der Waals surface area contributed by atoms with Gasteiger partial charge in [0.05, 0.1) is 12.2 Å². The number of hydrogen-bond acceptors (Lipinski definition) is 6. The number of benzene rings is 2. The van der Waals surface area contributed by atoms with Gasteiger partial charge in [0.15, 0.2) is 11.5 Å². The topological polar surface area (TPSA) is 58.9 Å². The molecule has 0 heterocycles. The molecule has 0 saturated carbocycles. The fraction of sp³-hybridized carbons (Fsp3) is 0.143. The van der Waals surface area contributed by atoms with Gasteiger partial charge in [-0.3, -0.25) is 0 Å². The van der Waals surface area contributed by atoms with Gasteiger partial charge in [0, 0.05) is 12.1 Å². The number of aryl methyl sites for hydroxylation is 2. The lowest BCUT2D eigenvalue weighted by molar-refractivity contribution is 0.461. The Bertz CT molecular complexity index is 565. The van der Waals surface area contributed by atoms with Crippen molar-refractivity contribution in [3.8, 4) is 23.0 Å². The second-order valence-electron chi connectivity index (χ2n) is 4.66. The number of rotatable bonds is 4. The predicted octanol–water partition coefficient (Wildman–Crippen LogP) is 4.33. The highest BCUT2D eigenvalue weighted by Gasteiger charge is 2.26. The minimum Gasteiger partial charge on any atom is -0.508 e. The summed E-state index contributed by atoms with van der Waals surface area (Å²) in [6.07, 6.45) is -2.91. The minimum absolute atomic E-state index is 0.0848. The molecular formula is C14H15O4PS2. The van der Waals surface area contributed by atoms with Crippen molar-refractivity contribution in [3.05, 3.63) is 47.5 Å². The molecule has 0 amide bonds. The Hall–Kier alpha value is -1.23. The normalized spacial score (nSPS) is 11.2. The van der Waals surface area contributed by atoms with Crippen LogP contribution in [0, 0.1) is 13.8 Å². The minimum atomic E-state index is -2.91. The Balaban J connectivity index is 2.17. The molecule has 2 rings (SSSR count). The monoisotopic (exact) mass is 342 g/mol. The molecule has 0 aliphatic heterocycles. The third-order valence-corrected chi connectivity index (χ3v) is 4.33. The van der Waals surface area contributed by atoms with Gasteiger partial charge in [0.2, 0.25) is 0 Å². The highest BCUT2D eigenvalue weighted by molar-refractivity contribution is 8.76. The van der Waals surface area contributed by atoms with Crippen molar-refractivity contribution < 1.29 is 19.3 Å². The van der Waals surface area contributed by atoms with Crippen LogP contribution in [0.3, 0.4) is 0 Å². The Morgan fingerprint density at radius 2 is 1.24 bits per heavy atom. The van der Waals surface area contributed by atoms with Crippen molar-refractivity contribution >= 4 is 30.6 Å². The van der Waals surface area contributed by atoms with Gasteiger partial charge in [-0.15, -0.1) is 0 Å². The van der Waals surface area contributed by atoms with Crippen molar-refractivity contribution in [2.75, 3.05) is 0 Å². The molecule has 0 aliphatic carbocycles. The summed E-state index contributed by atoms with van der Waals surface area (Å²) in [6.45, 7) is 3.65. The average Bonchev–Trinajstić information content (AvgIpc) is 2.23. The van der Waals surface area contributed by atoms with Crippen LogP contribution in [-0.4, -0.2) is 10.2 Å². The van der Waals surface area contributed by atoms with E-state index in [2.05, 4.69) is 12.2 Å². The third-order valence-electron chi connectivity index (χ3n) is 2.51. The molecule has 0 radical (unpaired) electrons. The van der Waals surface area contributed by atoms with Crippen LogP contribution < -0.4 is 9.05 Å². The van der Waals surface area contributed by atoms with E-state index in [0.29, 0.717) is 11.5 Å². The molecule has 0 atom stereocenters. The molecule has 2 aromatic carbocycles. The van der Waals surface area contributed by atoms with E-state index in [1.54, 1.807) is 24.3 Å². The maximum absolute atomic E-state index is 9.55. The van der Waals surface area contributed by atoms with E-state index in [0.717, 1.165) is 11.1 Å². The lowest BCUT2D eigenvalue weighted by atomic mass is 10.2. The fourth-order valence-electron chi connectivity index (χ4n) is 1.85. The number of thiol groups is 1. The van der Waals surface area contributed by atoms with E-state index in [9.17, 15) is 10.2 Å². The molecule has 0 bridgehead atoms. The zero-order valence-corrected chi connectivity index (χ0v) is 14.1. The first-order valence-corrected chi connectivity index (χ1v) is 9.86. The standard InChI is InChI=1S/C14H15O4PS2/c1-9-3-11(15)7-13(5-9)17-19(20,21)18-14-6-10(2)4-12(16)8-14/h3-8,15-16H,1-2H3,(H,20,21). The molecule has 4 nitrogen and oxygen atoms in total. The molecule has 0 aromatic heterocycles. The average molecular weight is 342 g/mol. The van der Waals surface area contributed by atoms with Gasteiger partial charge in [-0.25, -0.2) is 0 Å². The molecule has 0 saturated heterocycles. The Labute approximate surface area is 134 Å². The summed E-state index contributed by atoms with van der Waals surface area (Å²) >= 11 is 9.51. The van der Waals surface area contributed by atoms with Crippen molar-refractivity contribution in [1.82, 2.24) is 0 Å². The molecule has 0 aliphatic rings.